The lowest BCUT2D eigenvalue weighted by Gasteiger charge is -2.11. The van der Waals surface area contributed by atoms with E-state index < -0.39 is 0 Å². The van der Waals surface area contributed by atoms with Crippen molar-refractivity contribution in [2.24, 2.45) is 5.92 Å². The molecule has 0 bridgehead atoms. The van der Waals surface area contributed by atoms with Gasteiger partial charge in [0.05, 0.1) is 17.5 Å². The highest BCUT2D eigenvalue weighted by Gasteiger charge is 2.18. The Balaban J connectivity index is 2.50. The SMILES string of the molecule is CCOC(=O)C(CC)Cc1nccs1. The van der Waals surface area contributed by atoms with Crippen molar-refractivity contribution in [2.45, 2.75) is 26.7 Å². The highest BCUT2D eigenvalue weighted by Crippen LogP contribution is 2.15. The van der Waals surface area contributed by atoms with Crippen LogP contribution in [0.5, 0.6) is 0 Å². The number of ether oxygens (including phenoxy) is 1. The molecule has 0 aliphatic rings. The molecule has 1 atom stereocenters. The van der Waals surface area contributed by atoms with Crippen molar-refractivity contribution in [2.75, 3.05) is 6.61 Å². The van der Waals surface area contributed by atoms with Crippen molar-refractivity contribution in [3.05, 3.63) is 16.6 Å². The zero-order chi connectivity index (χ0) is 10.4. The minimum Gasteiger partial charge on any atom is -0.466 e. The molecule has 0 saturated carbocycles. The molecule has 0 saturated heterocycles. The van der Waals surface area contributed by atoms with E-state index in [9.17, 15) is 4.79 Å². The molecule has 1 heterocycles. The zero-order valence-electron chi connectivity index (χ0n) is 8.53. The van der Waals surface area contributed by atoms with E-state index in [1.807, 2.05) is 19.2 Å². The summed E-state index contributed by atoms with van der Waals surface area (Å²) < 4.78 is 4.98. The number of carbonyl (C=O) groups is 1. The summed E-state index contributed by atoms with van der Waals surface area (Å²) >= 11 is 1.58. The van der Waals surface area contributed by atoms with Gasteiger partial charge in [-0.15, -0.1) is 11.3 Å². The van der Waals surface area contributed by atoms with E-state index in [0.29, 0.717) is 13.0 Å². The van der Waals surface area contributed by atoms with Gasteiger partial charge in [0, 0.05) is 18.0 Å². The van der Waals surface area contributed by atoms with Crippen LogP contribution in [0.25, 0.3) is 0 Å². The first-order valence-electron chi connectivity index (χ1n) is 4.82. The van der Waals surface area contributed by atoms with Crippen LogP contribution in [0, 0.1) is 5.92 Å². The van der Waals surface area contributed by atoms with Crippen LogP contribution in [-0.2, 0) is 16.0 Å². The molecule has 14 heavy (non-hydrogen) atoms. The van der Waals surface area contributed by atoms with Gasteiger partial charge in [-0.1, -0.05) is 6.92 Å². The van der Waals surface area contributed by atoms with E-state index in [1.165, 1.54) is 0 Å². The van der Waals surface area contributed by atoms with Gasteiger partial charge in [-0.25, -0.2) is 4.98 Å². The average Bonchev–Trinajstić information content (AvgIpc) is 2.66. The quantitative estimate of drug-likeness (QED) is 0.704. The Labute approximate surface area is 88.1 Å². The van der Waals surface area contributed by atoms with Crippen molar-refractivity contribution in [3.63, 3.8) is 0 Å². The Hall–Kier alpha value is -0.900. The van der Waals surface area contributed by atoms with E-state index >= 15 is 0 Å². The lowest BCUT2D eigenvalue weighted by Crippen LogP contribution is -2.19. The van der Waals surface area contributed by atoms with Crippen molar-refractivity contribution in [3.8, 4) is 0 Å². The third kappa shape index (κ3) is 3.10. The van der Waals surface area contributed by atoms with E-state index in [1.54, 1.807) is 17.5 Å². The molecular formula is C10H15NO2S. The summed E-state index contributed by atoms with van der Waals surface area (Å²) in [4.78, 5) is 15.6. The maximum atomic E-state index is 11.5. The second-order valence-electron chi connectivity index (χ2n) is 2.99. The first kappa shape index (κ1) is 11.2. The number of hydrogen-bond donors (Lipinski definition) is 0. The number of rotatable bonds is 5. The number of carbonyl (C=O) groups excluding carboxylic acids is 1. The molecule has 0 radical (unpaired) electrons. The first-order valence-corrected chi connectivity index (χ1v) is 5.70. The molecule has 3 nitrogen and oxygen atoms in total. The van der Waals surface area contributed by atoms with Gasteiger partial charge in [-0.3, -0.25) is 4.79 Å². The Bertz CT molecular complexity index is 272. The topological polar surface area (TPSA) is 39.2 Å². The smallest absolute Gasteiger partial charge is 0.309 e. The summed E-state index contributed by atoms with van der Waals surface area (Å²) in [6.45, 7) is 4.27. The fourth-order valence-corrected chi connectivity index (χ4v) is 1.92. The highest BCUT2D eigenvalue weighted by atomic mass is 32.1. The van der Waals surface area contributed by atoms with Crippen molar-refractivity contribution in [1.82, 2.24) is 4.98 Å². The van der Waals surface area contributed by atoms with Gasteiger partial charge >= 0.3 is 5.97 Å². The maximum Gasteiger partial charge on any atom is 0.309 e. The third-order valence-corrected chi connectivity index (χ3v) is 2.82. The van der Waals surface area contributed by atoms with Crippen LogP contribution >= 0.6 is 11.3 Å². The fraction of sp³-hybridized carbons (Fsp3) is 0.600. The van der Waals surface area contributed by atoms with Crippen LogP contribution in [0.4, 0.5) is 0 Å². The zero-order valence-corrected chi connectivity index (χ0v) is 9.34. The minimum absolute atomic E-state index is 0.0406. The number of aromatic nitrogens is 1. The Morgan fingerprint density at radius 1 is 1.64 bits per heavy atom. The summed E-state index contributed by atoms with van der Waals surface area (Å²) in [5.41, 5.74) is 0. The molecule has 0 spiro atoms. The van der Waals surface area contributed by atoms with Crippen LogP contribution in [0.15, 0.2) is 11.6 Å². The molecule has 0 aromatic carbocycles. The number of thiazole rings is 1. The number of esters is 1. The van der Waals surface area contributed by atoms with Gasteiger partial charge < -0.3 is 4.74 Å². The van der Waals surface area contributed by atoms with Gasteiger partial charge in [-0.05, 0) is 13.3 Å². The van der Waals surface area contributed by atoms with Crippen LogP contribution in [-0.4, -0.2) is 17.6 Å². The van der Waals surface area contributed by atoms with Gasteiger partial charge in [0.2, 0.25) is 0 Å². The van der Waals surface area contributed by atoms with Crippen LogP contribution in [0.2, 0.25) is 0 Å². The van der Waals surface area contributed by atoms with Crippen molar-refractivity contribution < 1.29 is 9.53 Å². The molecule has 1 rings (SSSR count). The van der Waals surface area contributed by atoms with Crippen molar-refractivity contribution >= 4 is 17.3 Å². The summed E-state index contributed by atoms with van der Waals surface area (Å²) in [5, 5.41) is 2.93. The van der Waals surface area contributed by atoms with Gasteiger partial charge in [0.25, 0.3) is 0 Å². The molecule has 0 fully saturated rings. The largest absolute Gasteiger partial charge is 0.466 e. The lowest BCUT2D eigenvalue weighted by atomic mass is 10.0. The number of hydrogen-bond acceptors (Lipinski definition) is 4. The fourth-order valence-electron chi connectivity index (χ4n) is 1.22. The molecular weight excluding hydrogens is 198 g/mol. The molecule has 1 aromatic rings. The van der Waals surface area contributed by atoms with E-state index in [0.717, 1.165) is 11.4 Å². The van der Waals surface area contributed by atoms with Gasteiger partial charge in [-0.2, -0.15) is 0 Å². The lowest BCUT2D eigenvalue weighted by molar-refractivity contribution is -0.148. The van der Waals surface area contributed by atoms with Gasteiger partial charge in [0.15, 0.2) is 0 Å². The normalized spacial score (nSPS) is 12.4. The van der Waals surface area contributed by atoms with E-state index in [2.05, 4.69) is 4.98 Å². The second kappa shape index (κ2) is 5.75. The molecule has 1 unspecified atom stereocenters. The van der Waals surface area contributed by atoms with E-state index in [4.69, 9.17) is 4.74 Å². The molecule has 0 aliphatic carbocycles. The monoisotopic (exact) mass is 213 g/mol. The predicted molar refractivity (Wildman–Crippen MR) is 56.2 cm³/mol. The Kier molecular flexibility index (Phi) is 4.59. The van der Waals surface area contributed by atoms with Crippen LogP contribution in [0.3, 0.4) is 0 Å². The van der Waals surface area contributed by atoms with Crippen LogP contribution < -0.4 is 0 Å². The predicted octanol–water partition coefficient (Wildman–Crippen LogP) is 2.27. The molecule has 0 N–H and O–H groups in total. The number of nitrogens with zero attached hydrogens (tertiary/aromatic N) is 1. The molecule has 1 aromatic heterocycles. The Morgan fingerprint density at radius 2 is 2.43 bits per heavy atom. The Morgan fingerprint density at radius 3 is 2.93 bits per heavy atom. The van der Waals surface area contributed by atoms with E-state index in [-0.39, 0.29) is 11.9 Å². The standard InChI is InChI=1S/C10H15NO2S/c1-3-8(10(12)13-4-2)7-9-11-5-6-14-9/h5-6,8H,3-4,7H2,1-2H3. The second-order valence-corrected chi connectivity index (χ2v) is 3.97. The summed E-state index contributed by atoms with van der Waals surface area (Å²) in [6.07, 6.45) is 3.27. The summed E-state index contributed by atoms with van der Waals surface area (Å²) in [5.74, 6) is -0.147. The van der Waals surface area contributed by atoms with Crippen molar-refractivity contribution in [1.29, 1.82) is 0 Å². The first-order chi connectivity index (χ1) is 6.77. The summed E-state index contributed by atoms with van der Waals surface area (Å²) in [6, 6.07) is 0. The molecule has 78 valence electrons. The highest BCUT2D eigenvalue weighted by molar-refractivity contribution is 7.09. The van der Waals surface area contributed by atoms with Gasteiger partial charge in [0.1, 0.15) is 0 Å². The molecule has 0 aliphatic heterocycles. The average molecular weight is 213 g/mol. The molecule has 0 amide bonds. The maximum absolute atomic E-state index is 11.5. The molecule has 4 heteroatoms. The van der Waals surface area contributed by atoms with Crippen LogP contribution in [0.1, 0.15) is 25.3 Å². The minimum atomic E-state index is -0.106. The summed E-state index contributed by atoms with van der Waals surface area (Å²) in [7, 11) is 0. The third-order valence-electron chi connectivity index (χ3n) is 2.02.